The van der Waals surface area contributed by atoms with Gasteiger partial charge in [0.15, 0.2) is 5.78 Å². The Hall–Kier alpha value is -4.18. The highest BCUT2D eigenvalue weighted by molar-refractivity contribution is 6.03. The first-order valence-corrected chi connectivity index (χ1v) is 14.0. The Labute approximate surface area is 231 Å². The summed E-state index contributed by atoms with van der Waals surface area (Å²) >= 11 is 0. The van der Waals surface area contributed by atoms with Gasteiger partial charge in [0.1, 0.15) is 0 Å². The third kappa shape index (κ3) is 6.28. The van der Waals surface area contributed by atoms with Crippen LogP contribution in [0.15, 0.2) is 109 Å². The molecule has 1 N–H and O–H groups in total. The van der Waals surface area contributed by atoms with E-state index in [0.29, 0.717) is 18.9 Å². The minimum Gasteiger partial charge on any atom is -0.372 e. The van der Waals surface area contributed by atoms with E-state index in [1.807, 2.05) is 79.7 Å². The van der Waals surface area contributed by atoms with E-state index >= 15 is 0 Å². The summed E-state index contributed by atoms with van der Waals surface area (Å²) in [6.45, 7) is 4.45. The second-order valence-corrected chi connectivity index (χ2v) is 10.3. The summed E-state index contributed by atoms with van der Waals surface area (Å²) in [4.78, 5) is 28.6. The predicted molar refractivity (Wildman–Crippen MR) is 159 cm³/mol. The summed E-state index contributed by atoms with van der Waals surface area (Å²) in [7, 11) is 0. The molecule has 0 spiro atoms. The number of nitrogens with one attached hydrogen (secondary N) is 1. The molecule has 198 valence electrons. The highest BCUT2D eigenvalue weighted by Crippen LogP contribution is 2.34. The van der Waals surface area contributed by atoms with Crippen LogP contribution in [0.5, 0.6) is 0 Å². The largest absolute Gasteiger partial charge is 0.372 e. The first-order valence-electron chi connectivity index (χ1n) is 14.0. The van der Waals surface area contributed by atoms with Gasteiger partial charge in [-0.05, 0) is 60.1 Å². The molecule has 1 amide bonds. The van der Waals surface area contributed by atoms with Gasteiger partial charge in [0, 0.05) is 37.3 Å². The Kier molecular flexibility index (Phi) is 8.52. The molecule has 1 aliphatic heterocycles. The lowest BCUT2D eigenvalue weighted by atomic mass is 9.79. The van der Waals surface area contributed by atoms with Crippen LogP contribution in [0.4, 0.5) is 5.69 Å². The number of carbonyl (C=O) groups excluding carboxylic acids is 2. The predicted octanol–water partition coefficient (Wildman–Crippen LogP) is 6.92. The van der Waals surface area contributed by atoms with E-state index in [-0.39, 0.29) is 17.6 Å². The summed E-state index contributed by atoms with van der Waals surface area (Å²) in [5.74, 6) is 0.461. The van der Waals surface area contributed by atoms with E-state index in [4.69, 9.17) is 0 Å². The maximum absolute atomic E-state index is 13.3. The van der Waals surface area contributed by atoms with Crippen LogP contribution < -0.4 is 10.2 Å². The van der Waals surface area contributed by atoms with Gasteiger partial charge in [-0.2, -0.15) is 0 Å². The molecule has 4 heteroatoms. The zero-order valence-electron chi connectivity index (χ0n) is 22.6. The maximum atomic E-state index is 13.3. The number of nitrogens with zero attached hydrogens (tertiary/aromatic N) is 1. The number of likely N-dealkylation sites (N-methyl/N-ethyl adjacent to an activating group) is 1. The van der Waals surface area contributed by atoms with Crippen molar-refractivity contribution in [2.24, 2.45) is 5.92 Å². The van der Waals surface area contributed by atoms with Crippen LogP contribution in [-0.4, -0.2) is 31.3 Å². The molecule has 1 heterocycles. The van der Waals surface area contributed by atoms with Crippen molar-refractivity contribution in [3.63, 3.8) is 0 Å². The average Bonchev–Trinajstić information content (AvgIpc) is 2.99. The zero-order chi connectivity index (χ0) is 27.0. The van der Waals surface area contributed by atoms with Crippen LogP contribution in [0.25, 0.3) is 11.1 Å². The van der Waals surface area contributed by atoms with Gasteiger partial charge in [-0.1, -0.05) is 97.1 Å². The van der Waals surface area contributed by atoms with Crippen molar-refractivity contribution in [2.45, 2.75) is 32.1 Å². The minimum absolute atomic E-state index is 0.111. The zero-order valence-corrected chi connectivity index (χ0v) is 22.6. The molecule has 39 heavy (non-hydrogen) atoms. The van der Waals surface area contributed by atoms with Gasteiger partial charge in [0.2, 0.25) is 5.91 Å². The highest BCUT2D eigenvalue weighted by Gasteiger charge is 2.32. The number of Topliss-reactive ketones (excluding diaryl/α,β-unsaturated/α-hetero) is 1. The molecule has 4 nitrogen and oxygen atoms in total. The summed E-state index contributed by atoms with van der Waals surface area (Å²) in [6.07, 6.45) is 2.30. The van der Waals surface area contributed by atoms with Gasteiger partial charge in [-0.15, -0.1) is 0 Å². The number of carbonyl (C=O) groups is 2. The molecular formula is C35H36N2O2. The molecular weight excluding hydrogens is 480 g/mol. The third-order valence-corrected chi connectivity index (χ3v) is 7.78. The molecule has 1 aliphatic rings. The van der Waals surface area contributed by atoms with Crippen molar-refractivity contribution in [3.8, 4) is 11.1 Å². The molecule has 0 aromatic heterocycles. The van der Waals surface area contributed by atoms with Crippen LogP contribution in [0.1, 0.15) is 47.2 Å². The molecule has 1 unspecified atom stereocenters. The fourth-order valence-corrected chi connectivity index (χ4v) is 5.77. The first-order chi connectivity index (χ1) is 19.1. The van der Waals surface area contributed by atoms with Gasteiger partial charge in [-0.3, -0.25) is 9.59 Å². The lowest BCUT2D eigenvalue weighted by Crippen LogP contribution is -2.40. The molecule has 0 bridgehead atoms. The van der Waals surface area contributed by atoms with Crippen molar-refractivity contribution in [2.75, 3.05) is 24.5 Å². The van der Waals surface area contributed by atoms with Crippen LogP contribution in [0.3, 0.4) is 0 Å². The van der Waals surface area contributed by atoms with Gasteiger partial charge in [-0.25, -0.2) is 0 Å². The normalized spacial score (nSPS) is 14.5. The summed E-state index contributed by atoms with van der Waals surface area (Å²) in [6, 6.07) is 36.5. The lowest BCUT2D eigenvalue weighted by molar-refractivity contribution is -0.123. The van der Waals surface area contributed by atoms with Crippen molar-refractivity contribution < 1.29 is 9.59 Å². The molecule has 5 rings (SSSR count). The summed E-state index contributed by atoms with van der Waals surface area (Å²) < 4.78 is 0. The molecule has 0 saturated carbocycles. The SMILES string of the molecule is CCNC(=O)C(c1ccccc1)C1CCN(c2ccc(CC(=O)c3ccccc3-c3ccccc3)cc2)CC1. The van der Waals surface area contributed by atoms with E-state index in [1.54, 1.807) is 0 Å². The molecule has 1 fully saturated rings. The van der Waals surface area contributed by atoms with Gasteiger partial charge >= 0.3 is 0 Å². The maximum Gasteiger partial charge on any atom is 0.227 e. The summed E-state index contributed by atoms with van der Waals surface area (Å²) in [5, 5.41) is 3.05. The second-order valence-electron chi connectivity index (χ2n) is 10.3. The lowest BCUT2D eigenvalue weighted by Gasteiger charge is -2.37. The van der Waals surface area contributed by atoms with Crippen LogP contribution in [0, 0.1) is 5.92 Å². The van der Waals surface area contributed by atoms with Gasteiger partial charge in [0.05, 0.1) is 5.92 Å². The molecule has 0 radical (unpaired) electrons. The van der Waals surface area contributed by atoms with E-state index in [9.17, 15) is 9.59 Å². The Morgan fingerprint density at radius 1 is 0.795 bits per heavy atom. The standard InChI is InChI=1S/C35H36N2O2/c1-2-36-35(39)34(28-13-7-4-8-14-28)29-21-23-37(24-22-29)30-19-17-26(18-20-30)25-33(38)32-16-10-9-15-31(32)27-11-5-3-6-12-27/h3-20,29,34H,2,21-25H2,1H3,(H,36,39). The second kappa shape index (κ2) is 12.6. The number of ketones is 1. The molecule has 4 aromatic rings. The molecule has 4 aromatic carbocycles. The molecule has 1 saturated heterocycles. The number of piperidine rings is 1. The Bertz CT molecular complexity index is 1380. The molecule has 1 atom stereocenters. The van der Waals surface area contributed by atoms with Gasteiger partial charge < -0.3 is 10.2 Å². The Morgan fingerprint density at radius 3 is 2.08 bits per heavy atom. The number of benzene rings is 4. The van der Waals surface area contributed by atoms with Crippen LogP contribution in [-0.2, 0) is 11.2 Å². The van der Waals surface area contributed by atoms with Gasteiger partial charge in [0.25, 0.3) is 0 Å². The average molecular weight is 517 g/mol. The fraction of sp³-hybridized carbons (Fsp3) is 0.257. The van der Waals surface area contributed by atoms with E-state index in [0.717, 1.165) is 53.7 Å². The Morgan fingerprint density at radius 2 is 1.41 bits per heavy atom. The van der Waals surface area contributed by atoms with E-state index in [1.165, 1.54) is 5.69 Å². The Balaban J connectivity index is 1.23. The third-order valence-electron chi connectivity index (χ3n) is 7.78. The van der Waals surface area contributed by atoms with Crippen molar-refractivity contribution >= 4 is 17.4 Å². The number of amides is 1. The highest BCUT2D eigenvalue weighted by atomic mass is 16.2. The summed E-state index contributed by atoms with van der Waals surface area (Å²) in [5.41, 5.74) is 6.08. The minimum atomic E-state index is -0.111. The number of rotatable bonds is 9. The monoisotopic (exact) mass is 516 g/mol. The number of hydrogen-bond acceptors (Lipinski definition) is 3. The topological polar surface area (TPSA) is 49.4 Å². The van der Waals surface area contributed by atoms with Crippen molar-refractivity contribution in [1.29, 1.82) is 0 Å². The smallest absolute Gasteiger partial charge is 0.227 e. The quantitative estimate of drug-likeness (QED) is 0.246. The van der Waals surface area contributed by atoms with E-state index in [2.05, 4.69) is 46.6 Å². The fourth-order valence-electron chi connectivity index (χ4n) is 5.77. The number of hydrogen-bond donors (Lipinski definition) is 1. The molecule has 0 aliphatic carbocycles. The van der Waals surface area contributed by atoms with E-state index < -0.39 is 0 Å². The first kappa shape index (κ1) is 26.4. The van der Waals surface area contributed by atoms with Crippen LogP contribution >= 0.6 is 0 Å². The van der Waals surface area contributed by atoms with Crippen LogP contribution in [0.2, 0.25) is 0 Å². The number of anilines is 1. The van der Waals surface area contributed by atoms with Crippen molar-refractivity contribution in [3.05, 3.63) is 126 Å². The van der Waals surface area contributed by atoms with Crippen molar-refractivity contribution in [1.82, 2.24) is 5.32 Å².